The third kappa shape index (κ3) is 3.42. The van der Waals surface area contributed by atoms with Gasteiger partial charge in [-0.1, -0.05) is 12.1 Å². The molecule has 26 heavy (non-hydrogen) atoms. The molecule has 1 fully saturated rings. The van der Waals surface area contributed by atoms with Crippen LogP contribution in [0.4, 0.5) is 0 Å². The predicted molar refractivity (Wildman–Crippen MR) is 96.0 cm³/mol. The first kappa shape index (κ1) is 18.3. The van der Waals surface area contributed by atoms with Gasteiger partial charge in [-0.25, -0.2) is 8.42 Å². The lowest BCUT2D eigenvalue weighted by Gasteiger charge is -2.37. The molecule has 0 amide bonds. The van der Waals surface area contributed by atoms with Crippen molar-refractivity contribution in [2.75, 3.05) is 13.1 Å². The maximum atomic E-state index is 12.6. The molecule has 0 radical (unpaired) electrons. The van der Waals surface area contributed by atoms with Crippen molar-refractivity contribution >= 4 is 15.8 Å². The van der Waals surface area contributed by atoms with Crippen molar-refractivity contribution in [2.45, 2.75) is 24.8 Å². The standard InChI is InChI=1S/C18H20N2O5S/c1-12-7-15(9-18(22)19(12)3)25-16-10-20(11-16)26(23,24)17-6-4-5-14(8-17)13(2)21/h4-9,16H,10-11H2,1-3H3. The van der Waals surface area contributed by atoms with E-state index in [-0.39, 0.29) is 35.4 Å². The molecule has 1 aliphatic heterocycles. The van der Waals surface area contributed by atoms with E-state index in [2.05, 4.69) is 0 Å². The van der Waals surface area contributed by atoms with Crippen molar-refractivity contribution in [1.29, 1.82) is 0 Å². The van der Waals surface area contributed by atoms with E-state index in [4.69, 9.17) is 4.74 Å². The summed E-state index contributed by atoms with van der Waals surface area (Å²) in [7, 11) is -2.00. The van der Waals surface area contributed by atoms with Crippen LogP contribution in [0.5, 0.6) is 5.75 Å². The molecule has 7 nitrogen and oxygen atoms in total. The fourth-order valence-corrected chi connectivity index (χ4v) is 4.24. The maximum Gasteiger partial charge on any atom is 0.254 e. The first-order valence-corrected chi connectivity index (χ1v) is 9.58. The Kier molecular flexibility index (Phi) is 4.72. The second-order valence-electron chi connectivity index (χ2n) is 6.38. The number of rotatable bonds is 5. The minimum Gasteiger partial charge on any atom is -0.487 e. The normalized spacial score (nSPS) is 15.5. The lowest BCUT2D eigenvalue weighted by molar-refractivity contribution is 0.0759. The Morgan fingerprint density at radius 3 is 2.50 bits per heavy atom. The molecule has 1 saturated heterocycles. The topological polar surface area (TPSA) is 85.7 Å². The Labute approximate surface area is 151 Å². The van der Waals surface area contributed by atoms with Crippen molar-refractivity contribution in [3.05, 3.63) is 58.0 Å². The third-order valence-electron chi connectivity index (χ3n) is 4.47. The Morgan fingerprint density at radius 2 is 1.88 bits per heavy atom. The van der Waals surface area contributed by atoms with Crippen LogP contribution in [0, 0.1) is 6.92 Å². The number of aryl methyl sites for hydroxylation is 1. The molecular formula is C18H20N2O5S. The number of carbonyl (C=O) groups excluding carboxylic acids is 1. The highest BCUT2D eigenvalue weighted by atomic mass is 32.2. The highest BCUT2D eigenvalue weighted by Crippen LogP contribution is 2.25. The summed E-state index contributed by atoms with van der Waals surface area (Å²) in [5.41, 5.74) is 0.942. The Hall–Kier alpha value is -2.45. The second kappa shape index (κ2) is 6.69. The second-order valence-corrected chi connectivity index (χ2v) is 8.31. The minimum atomic E-state index is -3.67. The van der Waals surface area contributed by atoms with E-state index >= 15 is 0 Å². The van der Waals surface area contributed by atoms with E-state index in [0.29, 0.717) is 11.3 Å². The van der Waals surface area contributed by atoms with E-state index in [0.717, 1.165) is 5.69 Å². The number of nitrogens with zero attached hydrogens (tertiary/aromatic N) is 2. The van der Waals surface area contributed by atoms with Crippen molar-refractivity contribution < 1.29 is 17.9 Å². The molecule has 0 unspecified atom stereocenters. The SMILES string of the molecule is CC(=O)c1cccc(S(=O)(=O)N2CC(Oc3cc(C)n(C)c(=O)c3)C2)c1. The number of Topliss-reactive ketones (excluding diaryl/α,β-unsaturated/α-hetero) is 1. The van der Waals surface area contributed by atoms with Crippen LogP contribution >= 0.6 is 0 Å². The molecule has 8 heteroatoms. The molecule has 1 aliphatic rings. The number of ketones is 1. The van der Waals surface area contributed by atoms with Gasteiger partial charge in [0.15, 0.2) is 5.78 Å². The maximum absolute atomic E-state index is 12.6. The number of carbonyl (C=O) groups is 1. The van der Waals surface area contributed by atoms with Gasteiger partial charge in [-0.3, -0.25) is 9.59 Å². The molecule has 1 aromatic carbocycles. The summed E-state index contributed by atoms with van der Waals surface area (Å²) in [6.07, 6.45) is -0.313. The summed E-state index contributed by atoms with van der Waals surface area (Å²) in [5, 5.41) is 0. The van der Waals surface area contributed by atoms with Gasteiger partial charge in [0.2, 0.25) is 10.0 Å². The average molecular weight is 376 g/mol. The number of pyridine rings is 1. The predicted octanol–water partition coefficient (Wildman–Crippen LogP) is 1.35. The van der Waals surface area contributed by atoms with Crippen LogP contribution in [0.1, 0.15) is 23.0 Å². The van der Waals surface area contributed by atoms with Crippen molar-refractivity contribution in [3.8, 4) is 5.75 Å². The summed E-state index contributed by atoms with van der Waals surface area (Å²) in [6.45, 7) is 3.58. The summed E-state index contributed by atoms with van der Waals surface area (Å²) in [6, 6.07) is 9.13. The fraction of sp³-hybridized carbons (Fsp3) is 0.333. The minimum absolute atomic E-state index is 0.0908. The van der Waals surface area contributed by atoms with E-state index < -0.39 is 10.0 Å². The quantitative estimate of drug-likeness (QED) is 0.736. The largest absolute Gasteiger partial charge is 0.487 e. The van der Waals surface area contributed by atoms with Crippen LogP contribution < -0.4 is 10.3 Å². The molecule has 0 spiro atoms. The van der Waals surface area contributed by atoms with Crippen LogP contribution in [0.2, 0.25) is 0 Å². The summed E-state index contributed by atoms with van der Waals surface area (Å²) in [4.78, 5) is 23.3. The number of hydrogen-bond donors (Lipinski definition) is 0. The van der Waals surface area contributed by atoms with E-state index in [9.17, 15) is 18.0 Å². The van der Waals surface area contributed by atoms with Gasteiger partial charge in [0, 0.05) is 24.4 Å². The Bertz CT molecular complexity index is 1020. The summed E-state index contributed by atoms with van der Waals surface area (Å²) < 4.78 is 33.8. The molecule has 2 heterocycles. The lowest BCUT2D eigenvalue weighted by atomic mass is 10.2. The molecule has 0 N–H and O–H groups in total. The van der Waals surface area contributed by atoms with Crippen LogP contribution in [0.25, 0.3) is 0 Å². The number of hydrogen-bond acceptors (Lipinski definition) is 5. The van der Waals surface area contributed by atoms with Crippen LogP contribution in [-0.4, -0.2) is 42.3 Å². The lowest BCUT2D eigenvalue weighted by Crippen LogP contribution is -2.56. The first-order valence-electron chi connectivity index (χ1n) is 8.14. The molecule has 138 valence electrons. The van der Waals surface area contributed by atoms with Gasteiger partial charge in [0.05, 0.1) is 18.0 Å². The highest BCUT2D eigenvalue weighted by molar-refractivity contribution is 7.89. The number of benzene rings is 1. The van der Waals surface area contributed by atoms with Crippen molar-refractivity contribution in [1.82, 2.24) is 8.87 Å². The van der Waals surface area contributed by atoms with E-state index in [1.54, 1.807) is 32.2 Å². The van der Waals surface area contributed by atoms with Gasteiger partial charge >= 0.3 is 0 Å². The van der Waals surface area contributed by atoms with Gasteiger partial charge in [0.1, 0.15) is 11.9 Å². The molecule has 0 aliphatic carbocycles. The smallest absolute Gasteiger partial charge is 0.254 e. The van der Waals surface area contributed by atoms with Gasteiger partial charge in [0.25, 0.3) is 5.56 Å². The Morgan fingerprint density at radius 1 is 1.19 bits per heavy atom. The number of ether oxygens (including phenoxy) is 1. The molecule has 0 bridgehead atoms. The monoisotopic (exact) mass is 376 g/mol. The molecular weight excluding hydrogens is 356 g/mol. The number of aromatic nitrogens is 1. The van der Waals surface area contributed by atoms with Crippen molar-refractivity contribution in [2.24, 2.45) is 7.05 Å². The summed E-state index contributed by atoms with van der Waals surface area (Å²) in [5.74, 6) is 0.249. The zero-order valence-corrected chi connectivity index (χ0v) is 15.6. The molecule has 0 saturated carbocycles. The van der Waals surface area contributed by atoms with Gasteiger partial charge < -0.3 is 9.30 Å². The van der Waals surface area contributed by atoms with Crippen molar-refractivity contribution in [3.63, 3.8) is 0 Å². The zero-order valence-electron chi connectivity index (χ0n) is 14.8. The molecule has 1 aromatic heterocycles. The fourth-order valence-electron chi connectivity index (χ4n) is 2.69. The van der Waals surface area contributed by atoms with Gasteiger partial charge in [-0.05, 0) is 32.0 Å². The first-order chi connectivity index (χ1) is 12.2. The Balaban J connectivity index is 1.70. The zero-order chi connectivity index (χ0) is 19.1. The molecule has 2 aromatic rings. The van der Waals surface area contributed by atoms with E-state index in [1.165, 1.54) is 34.0 Å². The third-order valence-corrected chi connectivity index (χ3v) is 6.30. The average Bonchev–Trinajstić information content (AvgIpc) is 2.55. The van der Waals surface area contributed by atoms with E-state index in [1.807, 2.05) is 0 Å². The summed E-state index contributed by atoms with van der Waals surface area (Å²) >= 11 is 0. The van der Waals surface area contributed by atoms with Crippen LogP contribution in [0.15, 0.2) is 46.1 Å². The van der Waals surface area contributed by atoms with Crippen LogP contribution in [-0.2, 0) is 17.1 Å². The molecule has 3 rings (SSSR count). The molecule has 0 atom stereocenters. The van der Waals surface area contributed by atoms with Gasteiger partial charge in [-0.15, -0.1) is 0 Å². The number of sulfonamides is 1. The van der Waals surface area contributed by atoms with Gasteiger partial charge in [-0.2, -0.15) is 4.31 Å². The van der Waals surface area contributed by atoms with Crippen LogP contribution in [0.3, 0.4) is 0 Å². The highest BCUT2D eigenvalue weighted by Gasteiger charge is 2.38.